The third-order valence-electron chi connectivity index (χ3n) is 4.12. The number of fused-ring (bicyclic) bond motifs is 1. The van der Waals surface area contributed by atoms with E-state index in [2.05, 4.69) is 9.97 Å². The van der Waals surface area contributed by atoms with E-state index < -0.39 is 35.6 Å². The second-order valence-electron chi connectivity index (χ2n) is 5.98. The first kappa shape index (κ1) is 17.8. The molecule has 0 aliphatic carbocycles. The summed E-state index contributed by atoms with van der Waals surface area (Å²) in [7, 11) is 0. The van der Waals surface area contributed by atoms with Crippen LogP contribution in [0.15, 0.2) is 30.3 Å². The topological polar surface area (TPSA) is 83.4 Å². The number of hydrogen-bond acceptors (Lipinski definition) is 4. The molecule has 9 heteroatoms. The molecule has 136 valence electrons. The maximum absolute atomic E-state index is 12.9. The predicted molar refractivity (Wildman–Crippen MR) is 83.2 cm³/mol. The first-order chi connectivity index (χ1) is 12.2. The summed E-state index contributed by atoms with van der Waals surface area (Å²) in [5.74, 6) is -3.53. The van der Waals surface area contributed by atoms with Crippen molar-refractivity contribution in [2.24, 2.45) is 0 Å². The van der Waals surface area contributed by atoms with E-state index in [9.17, 15) is 27.9 Å². The van der Waals surface area contributed by atoms with Gasteiger partial charge in [0, 0.05) is 18.7 Å². The Morgan fingerprint density at radius 1 is 1.19 bits per heavy atom. The van der Waals surface area contributed by atoms with Crippen molar-refractivity contribution in [3.05, 3.63) is 58.7 Å². The van der Waals surface area contributed by atoms with Crippen LogP contribution in [0.1, 0.15) is 33.1 Å². The number of carboxylic acids is 1. The van der Waals surface area contributed by atoms with Crippen LogP contribution in [0, 0.1) is 6.92 Å². The SMILES string of the molecule is Cc1cc(C(=O)N2Cc3ccccc3CC2C(=O)O)nc(C(F)(F)F)n1. The molecule has 2 heterocycles. The fourth-order valence-electron chi connectivity index (χ4n) is 2.91. The van der Waals surface area contributed by atoms with E-state index in [4.69, 9.17) is 0 Å². The highest BCUT2D eigenvalue weighted by Crippen LogP contribution is 2.28. The molecule has 0 saturated heterocycles. The lowest BCUT2D eigenvalue weighted by molar-refractivity contribution is -0.145. The third-order valence-corrected chi connectivity index (χ3v) is 4.12. The number of hydrogen-bond donors (Lipinski definition) is 1. The number of carboxylic acid groups (broad SMARTS) is 1. The van der Waals surface area contributed by atoms with Gasteiger partial charge in [-0.2, -0.15) is 13.2 Å². The minimum atomic E-state index is -4.80. The molecule has 0 saturated carbocycles. The van der Waals surface area contributed by atoms with Crippen molar-refractivity contribution < 1.29 is 27.9 Å². The summed E-state index contributed by atoms with van der Waals surface area (Å²) >= 11 is 0. The summed E-state index contributed by atoms with van der Waals surface area (Å²) in [4.78, 5) is 32.0. The van der Waals surface area contributed by atoms with Crippen molar-refractivity contribution in [3.63, 3.8) is 0 Å². The van der Waals surface area contributed by atoms with Crippen LogP contribution >= 0.6 is 0 Å². The van der Waals surface area contributed by atoms with E-state index in [0.29, 0.717) is 0 Å². The number of rotatable bonds is 2. The standard InChI is InChI=1S/C17H14F3N3O3/c1-9-6-12(22-16(21-9)17(18,19)20)14(24)23-8-11-5-3-2-4-10(11)7-13(23)15(25)26/h2-6,13H,7-8H2,1H3,(H,25,26). The summed E-state index contributed by atoms with van der Waals surface area (Å²) in [6, 6.07) is 6.97. The molecule has 1 N–H and O–H groups in total. The van der Waals surface area contributed by atoms with Gasteiger partial charge in [-0.1, -0.05) is 24.3 Å². The van der Waals surface area contributed by atoms with Gasteiger partial charge in [0.2, 0.25) is 5.82 Å². The van der Waals surface area contributed by atoms with Crippen molar-refractivity contribution in [1.82, 2.24) is 14.9 Å². The van der Waals surface area contributed by atoms with Crippen LogP contribution < -0.4 is 0 Å². The molecule has 1 aromatic carbocycles. The summed E-state index contributed by atoms with van der Waals surface area (Å²) in [6.45, 7) is 1.30. The molecule has 2 aromatic rings. The molecule has 1 aliphatic heterocycles. The van der Waals surface area contributed by atoms with Crippen LogP contribution in [0.25, 0.3) is 0 Å². The highest BCUT2D eigenvalue weighted by molar-refractivity contribution is 5.95. The quantitative estimate of drug-likeness (QED) is 0.884. The van der Waals surface area contributed by atoms with E-state index in [0.717, 1.165) is 22.1 Å². The number of benzene rings is 1. The number of halogens is 3. The molecule has 6 nitrogen and oxygen atoms in total. The monoisotopic (exact) mass is 365 g/mol. The third kappa shape index (κ3) is 3.37. The van der Waals surface area contributed by atoms with Crippen LogP contribution in [0.3, 0.4) is 0 Å². The molecule has 1 amide bonds. The average molecular weight is 365 g/mol. The first-order valence-electron chi connectivity index (χ1n) is 7.70. The maximum Gasteiger partial charge on any atom is 0.451 e. The van der Waals surface area contributed by atoms with Crippen LogP contribution in [0.5, 0.6) is 0 Å². The number of carbonyl (C=O) groups excluding carboxylic acids is 1. The fourth-order valence-corrected chi connectivity index (χ4v) is 2.91. The molecule has 1 aromatic heterocycles. The summed E-state index contributed by atoms with van der Waals surface area (Å²) in [5, 5.41) is 9.46. The van der Waals surface area contributed by atoms with Crippen molar-refractivity contribution in [1.29, 1.82) is 0 Å². The Labute approximate surface area is 146 Å². The second kappa shape index (κ2) is 6.40. The second-order valence-corrected chi connectivity index (χ2v) is 5.98. The van der Waals surface area contributed by atoms with E-state index in [1.165, 1.54) is 6.92 Å². The van der Waals surface area contributed by atoms with E-state index in [1.54, 1.807) is 24.3 Å². The van der Waals surface area contributed by atoms with Crippen molar-refractivity contribution in [3.8, 4) is 0 Å². The zero-order valence-corrected chi connectivity index (χ0v) is 13.6. The van der Waals surface area contributed by atoms with Crippen LogP contribution in [0.2, 0.25) is 0 Å². The van der Waals surface area contributed by atoms with Crippen LogP contribution in [0.4, 0.5) is 13.2 Å². The fraction of sp³-hybridized carbons (Fsp3) is 0.294. The normalized spacial score (nSPS) is 16.9. The highest BCUT2D eigenvalue weighted by atomic mass is 19.4. The van der Waals surface area contributed by atoms with Gasteiger partial charge in [0.1, 0.15) is 11.7 Å². The molecule has 0 bridgehead atoms. The molecular formula is C17H14F3N3O3. The smallest absolute Gasteiger partial charge is 0.451 e. The molecule has 3 rings (SSSR count). The Balaban J connectivity index is 2.01. The van der Waals surface area contributed by atoms with Gasteiger partial charge < -0.3 is 10.0 Å². The van der Waals surface area contributed by atoms with Gasteiger partial charge >= 0.3 is 12.1 Å². The number of nitrogens with zero attached hydrogens (tertiary/aromatic N) is 3. The zero-order valence-electron chi connectivity index (χ0n) is 13.6. The van der Waals surface area contributed by atoms with Crippen LogP contribution in [-0.2, 0) is 23.9 Å². The molecule has 1 atom stereocenters. The van der Waals surface area contributed by atoms with Gasteiger partial charge in [-0.05, 0) is 24.1 Å². The number of alkyl halides is 3. The molecule has 0 radical (unpaired) electrons. The average Bonchev–Trinajstić information content (AvgIpc) is 2.58. The molecule has 0 spiro atoms. The minimum absolute atomic E-state index is 0.0175. The van der Waals surface area contributed by atoms with E-state index >= 15 is 0 Å². The zero-order chi connectivity index (χ0) is 19.1. The number of aromatic nitrogens is 2. The van der Waals surface area contributed by atoms with Gasteiger partial charge in [0.05, 0.1) is 0 Å². The van der Waals surface area contributed by atoms with E-state index in [-0.39, 0.29) is 18.7 Å². The van der Waals surface area contributed by atoms with E-state index in [1.807, 2.05) is 0 Å². The summed E-state index contributed by atoms with van der Waals surface area (Å²) in [6.07, 6.45) is -4.73. The number of amides is 1. The van der Waals surface area contributed by atoms with Crippen molar-refractivity contribution in [2.75, 3.05) is 0 Å². The molecule has 1 unspecified atom stereocenters. The largest absolute Gasteiger partial charge is 0.480 e. The van der Waals surface area contributed by atoms with Crippen LogP contribution in [-0.4, -0.2) is 37.9 Å². The Bertz CT molecular complexity index is 883. The van der Waals surface area contributed by atoms with Gasteiger partial charge in [-0.15, -0.1) is 0 Å². The first-order valence-corrected chi connectivity index (χ1v) is 7.70. The summed E-state index contributed by atoms with van der Waals surface area (Å²) in [5.41, 5.74) is 1.04. The molecular weight excluding hydrogens is 351 g/mol. The predicted octanol–water partition coefficient (Wildman–Crippen LogP) is 2.46. The molecule has 0 fully saturated rings. The number of aliphatic carboxylic acids is 1. The van der Waals surface area contributed by atoms with Gasteiger partial charge in [0.15, 0.2) is 0 Å². The van der Waals surface area contributed by atoms with Gasteiger partial charge in [-0.3, -0.25) is 4.79 Å². The maximum atomic E-state index is 12.9. The lowest BCUT2D eigenvalue weighted by Crippen LogP contribution is -2.49. The number of aryl methyl sites for hydroxylation is 1. The van der Waals surface area contributed by atoms with Gasteiger partial charge in [0.25, 0.3) is 5.91 Å². The minimum Gasteiger partial charge on any atom is -0.480 e. The van der Waals surface area contributed by atoms with Crippen molar-refractivity contribution in [2.45, 2.75) is 32.1 Å². The highest BCUT2D eigenvalue weighted by Gasteiger charge is 2.38. The Kier molecular flexibility index (Phi) is 4.39. The number of carbonyl (C=O) groups is 2. The van der Waals surface area contributed by atoms with Gasteiger partial charge in [-0.25, -0.2) is 14.8 Å². The lowest BCUT2D eigenvalue weighted by Gasteiger charge is -2.34. The lowest BCUT2D eigenvalue weighted by atomic mass is 9.93. The summed E-state index contributed by atoms with van der Waals surface area (Å²) < 4.78 is 38.7. The molecule has 1 aliphatic rings. The molecule has 26 heavy (non-hydrogen) atoms. The Hall–Kier alpha value is -2.97. The van der Waals surface area contributed by atoms with Crippen molar-refractivity contribution >= 4 is 11.9 Å². The Morgan fingerprint density at radius 2 is 1.85 bits per heavy atom. The Morgan fingerprint density at radius 3 is 2.46 bits per heavy atom.